The minimum atomic E-state index is -3.23. The van der Waals surface area contributed by atoms with Crippen LogP contribution >= 0.6 is 0 Å². The minimum Gasteiger partial charge on any atom is -0.396 e. The van der Waals surface area contributed by atoms with E-state index in [-0.39, 0.29) is 18.7 Å². The second kappa shape index (κ2) is 5.11. The van der Waals surface area contributed by atoms with E-state index >= 15 is 0 Å². The number of hydrogen-bond acceptors (Lipinski definition) is 4. The largest absolute Gasteiger partial charge is 0.396 e. The zero-order chi connectivity index (χ0) is 13.2. The molecule has 0 radical (unpaired) electrons. The van der Waals surface area contributed by atoms with E-state index in [4.69, 9.17) is 5.11 Å². The lowest BCUT2D eigenvalue weighted by Crippen LogP contribution is -2.24. The molecule has 0 bridgehead atoms. The first kappa shape index (κ1) is 13.1. The summed E-state index contributed by atoms with van der Waals surface area (Å²) in [6.45, 7) is 0.241. The van der Waals surface area contributed by atoms with Crippen molar-refractivity contribution >= 4 is 6.21 Å². The van der Waals surface area contributed by atoms with E-state index in [0.717, 1.165) is 0 Å². The summed E-state index contributed by atoms with van der Waals surface area (Å²) in [6.07, 6.45) is -0.120. The van der Waals surface area contributed by atoms with Crippen LogP contribution < -0.4 is 0 Å². The van der Waals surface area contributed by atoms with Crippen LogP contribution in [-0.2, 0) is 12.3 Å². The molecule has 2 rings (SSSR count). The van der Waals surface area contributed by atoms with Gasteiger partial charge in [0.1, 0.15) is 5.69 Å². The lowest BCUT2D eigenvalue weighted by atomic mass is 10.0. The summed E-state index contributed by atoms with van der Waals surface area (Å²) in [5.74, 6) is -3.23. The van der Waals surface area contributed by atoms with Crippen molar-refractivity contribution in [1.82, 2.24) is 10.2 Å². The maximum atomic E-state index is 14.0. The molecule has 0 aromatic carbocycles. The molecule has 100 valence electrons. The molecule has 1 aliphatic rings. The first-order valence-corrected chi connectivity index (χ1v) is 5.79. The summed E-state index contributed by atoms with van der Waals surface area (Å²) in [7, 11) is 0. The molecule has 0 saturated carbocycles. The summed E-state index contributed by atoms with van der Waals surface area (Å²) in [6, 6.07) is 0. The third kappa shape index (κ3) is 2.56. The van der Waals surface area contributed by atoms with Crippen molar-refractivity contribution in [3.63, 3.8) is 0 Å². The molecule has 0 fully saturated rings. The van der Waals surface area contributed by atoms with Crippen LogP contribution in [0.15, 0.2) is 4.99 Å². The Morgan fingerprint density at radius 2 is 2.28 bits per heavy atom. The lowest BCUT2D eigenvalue weighted by molar-refractivity contribution is -0.0572. The molecule has 1 atom stereocenters. The summed E-state index contributed by atoms with van der Waals surface area (Å²) in [4.78, 5) is 3.96. The monoisotopic (exact) mass is 259 g/mol. The Labute approximate surface area is 103 Å². The molecule has 0 aliphatic carbocycles. The van der Waals surface area contributed by atoms with Crippen molar-refractivity contribution in [1.29, 1.82) is 0 Å². The van der Waals surface area contributed by atoms with E-state index in [0.29, 0.717) is 24.2 Å². The van der Waals surface area contributed by atoms with Gasteiger partial charge in [-0.1, -0.05) is 0 Å². The van der Waals surface area contributed by atoms with Crippen molar-refractivity contribution < 1.29 is 19.0 Å². The van der Waals surface area contributed by atoms with Crippen LogP contribution in [0, 0.1) is 0 Å². The van der Waals surface area contributed by atoms with Gasteiger partial charge in [0, 0.05) is 43.5 Å². The van der Waals surface area contributed by atoms with Gasteiger partial charge in [-0.25, -0.2) is 0 Å². The first-order chi connectivity index (χ1) is 8.54. The number of rotatable bonds is 5. The number of fused-ring (bicyclic) bond motifs is 1. The van der Waals surface area contributed by atoms with Crippen LogP contribution in [0.5, 0.6) is 0 Å². The number of aliphatic imine (C=N–C) groups is 1. The quantitative estimate of drug-likeness (QED) is 0.724. The molecule has 3 N–H and O–H groups in total. The van der Waals surface area contributed by atoms with Crippen LogP contribution in [0.2, 0.25) is 0 Å². The average Bonchev–Trinajstić information content (AvgIpc) is 2.72. The van der Waals surface area contributed by atoms with Crippen molar-refractivity contribution in [2.24, 2.45) is 4.99 Å². The van der Waals surface area contributed by atoms with Crippen molar-refractivity contribution in [2.75, 3.05) is 13.2 Å². The smallest absolute Gasteiger partial charge is 0.294 e. The van der Waals surface area contributed by atoms with E-state index in [1.165, 1.54) is 6.21 Å². The molecule has 0 saturated heterocycles. The number of aliphatic hydroxyl groups excluding tert-OH is 2. The maximum absolute atomic E-state index is 14.0. The fourth-order valence-electron chi connectivity index (χ4n) is 1.97. The van der Waals surface area contributed by atoms with Gasteiger partial charge in [-0.05, 0) is 6.42 Å². The van der Waals surface area contributed by atoms with Gasteiger partial charge in [-0.3, -0.25) is 10.1 Å². The Kier molecular flexibility index (Phi) is 3.72. The molecule has 1 aliphatic heterocycles. The predicted molar refractivity (Wildman–Crippen MR) is 61.0 cm³/mol. The second-order valence-corrected chi connectivity index (χ2v) is 4.32. The Bertz CT molecular complexity index is 445. The Hall–Kier alpha value is -1.34. The highest BCUT2D eigenvalue weighted by Crippen LogP contribution is 2.35. The zero-order valence-corrected chi connectivity index (χ0v) is 9.74. The molecule has 5 nitrogen and oxygen atoms in total. The first-order valence-electron chi connectivity index (χ1n) is 5.79. The number of aromatic amines is 1. The predicted octanol–water partition coefficient (Wildman–Crippen LogP) is 0.610. The van der Waals surface area contributed by atoms with Gasteiger partial charge in [0.25, 0.3) is 5.92 Å². The molecule has 1 unspecified atom stereocenters. The third-order valence-corrected chi connectivity index (χ3v) is 2.89. The lowest BCUT2D eigenvalue weighted by Gasteiger charge is -2.18. The number of aliphatic hydroxyl groups is 2. The topological polar surface area (TPSA) is 81.5 Å². The van der Waals surface area contributed by atoms with Gasteiger partial charge in [-0.2, -0.15) is 13.9 Å². The molecule has 2 heterocycles. The standard InChI is InChI=1S/C11H15F2N3O2/c12-11(13,5-7(18)2-4-17)10-8-6-14-3-1-9(8)15-16-10/h6-7,17-18H,1-5H2,(H,15,16). The molecule has 1 aromatic heterocycles. The highest BCUT2D eigenvalue weighted by molar-refractivity contribution is 5.84. The highest BCUT2D eigenvalue weighted by atomic mass is 19.3. The number of alkyl halides is 2. The van der Waals surface area contributed by atoms with E-state index in [2.05, 4.69) is 15.2 Å². The van der Waals surface area contributed by atoms with Gasteiger partial charge in [0.2, 0.25) is 0 Å². The van der Waals surface area contributed by atoms with Gasteiger partial charge in [0.15, 0.2) is 0 Å². The molecule has 0 spiro atoms. The molecular weight excluding hydrogens is 244 g/mol. The van der Waals surface area contributed by atoms with E-state index < -0.39 is 18.4 Å². The fourth-order valence-corrected chi connectivity index (χ4v) is 1.97. The third-order valence-electron chi connectivity index (χ3n) is 2.89. The second-order valence-electron chi connectivity index (χ2n) is 4.32. The van der Waals surface area contributed by atoms with E-state index in [1.807, 2.05) is 0 Å². The SMILES string of the molecule is OCCC(O)CC(F)(F)c1n[nH]c2c1C=NCC2. The van der Waals surface area contributed by atoms with Gasteiger partial charge >= 0.3 is 0 Å². The minimum absolute atomic E-state index is 0.0731. The highest BCUT2D eigenvalue weighted by Gasteiger charge is 2.39. The maximum Gasteiger partial charge on any atom is 0.294 e. The van der Waals surface area contributed by atoms with Gasteiger partial charge < -0.3 is 10.2 Å². The normalized spacial score (nSPS) is 16.7. The molecular formula is C11H15F2N3O2. The summed E-state index contributed by atoms with van der Waals surface area (Å²) < 4.78 is 27.9. The number of aromatic nitrogens is 2. The average molecular weight is 259 g/mol. The summed E-state index contributed by atoms with van der Waals surface area (Å²) >= 11 is 0. The fraction of sp³-hybridized carbons (Fsp3) is 0.636. The molecule has 7 heteroatoms. The molecule has 18 heavy (non-hydrogen) atoms. The van der Waals surface area contributed by atoms with Gasteiger partial charge in [0.05, 0.1) is 6.10 Å². The van der Waals surface area contributed by atoms with E-state index in [1.54, 1.807) is 0 Å². The Morgan fingerprint density at radius 3 is 3.00 bits per heavy atom. The zero-order valence-electron chi connectivity index (χ0n) is 9.74. The number of nitrogens with zero attached hydrogens (tertiary/aromatic N) is 2. The van der Waals surface area contributed by atoms with Crippen LogP contribution in [0.3, 0.4) is 0 Å². The molecule has 0 amide bonds. The Balaban J connectivity index is 2.20. The van der Waals surface area contributed by atoms with Crippen molar-refractivity contribution in [3.8, 4) is 0 Å². The Morgan fingerprint density at radius 1 is 1.50 bits per heavy atom. The van der Waals surface area contributed by atoms with Gasteiger partial charge in [-0.15, -0.1) is 0 Å². The van der Waals surface area contributed by atoms with Crippen LogP contribution in [0.25, 0.3) is 0 Å². The number of halogens is 2. The van der Waals surface area contributed by atoms with Crippen molar-refractivity contribution in [3.05, 3.63) is 17.0 Å². The molecule has 1 aromatic rings. The number of H-pyrrole nitrogens is 1. The number of hydrogen-bond donors (Lipinski definition) is 3. The van der Waals surface area contributed by atoms with Crippen LogP contribution in [0.4, 0.5) is 8.78 Å². The van der Waals surface area contributed by atoms with Crippen LogP contribution in [-0.4, -0.2) is 45.9 Å². The summed E-state index contributed by atoms with van der Waals surface area (Å²) in [5.41, 5.74) is 0.594. The number of nitrogens with one attached hydrogen (secondary N) is 1. The summed E-state index contributed by atoms with van der Waals surface area (Å²) in [5, 5.41) is 24.2. The van der Waals surface area contributed by atoms with E-state index in [9.17, 15) is 13.9 Å². The van der Waals surface area contributed by atoms with Crippen LogP contribution in [0.1, 0.15) is 29.8 Å². The van der Waals surface area contributed by atoms with Crippen molar-refractivity contribution in [2.45, 2.75) is 31.3 Å².